The Morgan fingerprint density at radius 1 is 1.20 bits per heavy atom. The Labute approximate surface area is 134 Å². The molecule has 1 aromatic heterocycles. The van der Waals surface area contributed by atoms with Crippen molar-refractivity contribution in [2.75, 3.05) is 6.61 Å². The van der Waals surface area contributed by atoms with Gasteiger partial charge in [-0.2, -0.15) is 26.3 Å². The number of hydrogen-bond acceptors (Lipinski definition) is 4. The summed E-state index contributed by atoms with van der Waals surface area (Å²) in [6.07, 6.45) is -10.8. The maximum absolute atomic E-state index is 13.2. The Bertz CT molecular complexity index is 900. The van der Waals surface area contributed by atoms with Crippen LogP contribution in [0.3, 0.4) is 0 Å². The molecule has 0 unspecified atom stereocenters. The number of halogens is 6. The number of carbonyl (C=O) groups excluding carboxylic acids is 1. The number of rotatable bonds is 2. The van der Waals surface area contributed by atoms with Crippen LogP contribution in [0.15, 0.2) is 18.2 Å². The second-order valence-corrected chi connectivity index (χ2v) is 4.68. The Morgan fingerprint density at radius 3 is 2.28 bits per heavy atom. The zero-order valence-corrected chi connectivity index (χ0v) is 12.2. The van der Waals surface area contributed by atoms with Crippen molar-refractivity contribution in [3.05, 3.63) is 45.3 Å². The molecule has 0 aliphatic rings. The maximum atomic E-state index is 13.2. The minimum absolute atomic E-state index is 0.348. The lowest BCUT2D eigenvalue weighted by atomic mass is 10.1. The summed E-state index contributed by atoms with van der Waals surface area (Å²) < 4.78 is 81.1. The minimum Gasteiger partial charge on any atom is -0.805 e. The van der Waals surface area contributed by atoms with Crippen molar-refractivity contribution < 1.29 is 40.3 Å². The third kappa shape index (κ3) is 3.10. The Hall–Kier alpha value is -2.79. The van der Waals surface area contributed by atoms with Gasteiger partial charge in [-0.3, -0.25) is 0 Å². The highest BCUT2D eigenvalue weighted by Gasteiger charge is 2.47. The number of alkyl halides is 6. The molecule has 0 spiro atoms. The standard InChI is InChI=1S/C13H8F6N2O4/c1-2-25-11(22)9-10(13(17,18)19)21(24)8-6(12(14,15)16)4-3-5-7(8)20(9)23/h3-5H,2H2,1H3. The van der Waals surface area contributed by atoms with Crippen molar-refractivity contribution in [2.45, 2.75) is 19.3 Å². The van der Waals surface area contributed by atoms with Crippen LogP contribution in [-0.4, -0.2) is 17.3 Å². The molecule has 0 aliphatic carbocycles. The fourth-order valence-electron chi connectivity index (χ4n) is 2.19. The molecule has 0 atom stereocenters. The molecule has 0 aliphatic heterocycles. The van der Waals surface area contributed by atoms with Crippen molar-refractivity contribution in [3.63, 3.8) is 0 Å². The van der Waals surface area contributed by atoms with Gasteiger partial charge < -0.3 is 14.7 Å². The fraction of sp³-hybridized carbons (Fsp3) is 0.308. The summed E-state index contributed by atoms with van der Waals surface area (Å²) in [6, 6.07) is 1.76. The first-order valence-electron chi connectivity index (χ1n) is 6.54. The Balaban J connectivity index is 3.09. The van der Waals surface area contributed by atoms with E-state index < -0.39 is 62.1 Å². The van der Waals surface area contributed by atoms with Crippen LogP contribution >= 0.6 is 0 Å². The summed E-state index contributed by atoms with van der Waals surface area (Å²) in [7, 11) is 0. The van der Waals surface area contributed by atoms with Crippen molar-refractivity contribution in [1.29, 1.82) is 0 Å². The number of ether oxygens (including phenoxy) is 1. The van der Waals surface area contributed by atoms with Gasteiger partial charge in [-0.25, -0.2) is 4.79 Å². The molecule has 136 valence electrons. The van der Waals surface area contributed by atoms with Crippen LogP contribution in [0.4, 0.5) is 26.3 Å². The maximum Gasteiger partial charge on any atom is 0.438 e. The second-order valence-electron chi connectivity index (χ2n) is 4.68. The SMILES string of the molecule is CCOC(=O)c1c(C(F)(F)F)n([O-])c2c(C(F)(F)F)cccc2[n+]1=O. The summed E-state index contributed by atoms with van der Waals surface area (Å²) in [4.78, 5) is 23.8. The molecule has 2 aromatic rings. The van der Waals surface area contributed by atoms with Crippen LogP contribution in [0.5, 0.6) is 0 Å². The molecule has 0 saturated heterocycles. The first-order valence-corrected chi connectivity index (χ1v) is 6.54. The molecule has 0 fully saturated rings. The van der Waals surface area contributed by atoms with Crippen LogP contribution < -0.4 is 4.43 Å². The molecule has 0 radical (unpaired) electrons. The van der Waals surface area contributed by atoms with E-state index >= 15 is 0 Å². The number of aromatic nitrogens is 2. The lowest BCUT2D eigenvalue weighted by Gasteiger charge is -2.22. The number of hydrogen-bond donors (Lipinski definition) is 0. The molecule has 0 N–H and O–H groups in total. The molecule has 1 aromatic carbocycles. The molecule has 2 rings (SSSR count). The molecule has 25 heavy (non-hydrogen) atoms. The zero-order chi connectivity index (χ0) is 19.2. The van der Waals surface area contributed by atoms with E-state index in [4.69, 9.17) is 0 Å². The monoisotopic (exact) mass is 370 g/mol. The third-order valence-electron chi connectivity index (χ3n) is 3.11. The topological polar surface area (TPSA) is 77.3 Å². The largest absolute Gasteiger partial charge is 0.805 e. The molecular weight excluding hydrogens is 362 g/mol. The van der Waals surface area contributed by atoms with Gasteiger partial charge in [-0.1, -0.05) is 6.07 Å². The summed E-state index contributed by atoms with van der Waals surface area (Å²) in [6.45, 7) is 0.809. The van der Waals surface area contributed by atoms with E-state index in [-0.39, 0.29) is 0 Å². The van der Waals surface area contributed by atoms with Crippen molar-refractivity contribution in [3.8, 4) is 0 Å². The van der Waals surface area contributed by atoms with E-state index in [1.165, 1.54) is 6.92 Å². The van der Waals surface area contributed by atoms with Gasteiger partial charge in [0.1, 0.15) is 5.52 Å². The van der Waals surface area contributed by atoms with Crippen LogP contribution in [0.2, 0.25) is 0 Å². The quantitative estimate of drug-likeness (QED) is 0.462. The Morgan fingerprint density at radius 2 is 1.80 bits per heavy atom. The lowest BCUT2D eigenvalue weighted by molar-refractivity contribution is -0.471. The number of nitrogens with zero attached hydrogens (tertiary/aromatic N) is 2. The molecule has 0 saturated carbocycles. The van der Waals surface area contributed by atoms with Crippen LogP contribution in [0.25, 0.3) is 11.0 Å². The van der Waals surface area contributed by atoms with Gasteiger partial charge in [0.25, 0.3) is 5.52 Å². The smallest absolute Gasteiger partial charge is 0.438 e. The van der Waals surface area contributed by atoms with Gasteiger partial charge in [-0.05, 0) is 13.0 Å². The average Bonchev–Trinajstić information content (AvgIpc) is 2.47. The van der Waals surface area contributed by atoms with Crippen molar-refractivity contribution in [1.82, 2.24) is 4.73 Å². The lowest BCUT2D eigenvalue weighted by Crippen LogP contribution is -2.36. The summed E-state index contributed by atoms with van der Waals surface area (Å²) in [5.41, 5.74) is -8.47. The van der Waals surface area contributed by atoms with E-state index in [9.17, 15) is 41.3 Å². The fourth-order valence-corrected chi connectivity index (χ4v) is 2.19. The average molecular weight is 370 g/mol. The normalized spacial score (nSPS) is 12.4. The number of carbonyl (C=O) groups is 1. The number of esters is 1. The highest BCUT2D eigenvalue weighted by Crippen LogP contribution is 2.37. The van der Waals surface area contributed by atoms with Crippen LogP contribution in [-0.2, 0) is 17.1 Å². The van der Waals surface area contributed by atoms with Crippen molar-refractivity contribution >= 4 is 17.0 Å². The highest BCUT2D eigenvalue weighted by molar-refractivity contribution is 5.89. The van der Waals surface area contributed by atoms with E-state index in [1.54, 1.807) is 0 Å². The van der Waals surface area contributed by atoms with Crippen LogP contribution in [0.1, 0.15) is 28.7 Å². The minimum atomic E-state index is -5.58. The third-order valence-corrected chi connectivity index (χ3v) is 3.11. The van der Waals surface area contributed by atoms with Gasteiger partial charge in [0.05, 0.1) is 16.6 Å². The van der Waals surface area contributed by atoms with Gasteiger partial charge in [0.2, 0.25) is 5.69 Å². The van der Waals surface area contributed by atoms with E-state index in [2.05, 4.69) is 4.74 Å². The zero-order valence-electron chi connectivity index (χ0n) is 12.2. The highest BCUT2D eigenvalue weighted by atomic mass is 19.4. The van der Waals surface area contributed by atoms with Gasteiger partial charge in [0.15, 0.2) is 0 Å². The molecule has 0 bridgehead atoms. The molecule has 12 heteroatoms. The summed E-state index contributed by atoms with van der Waals surface area (Å²) in [5.74, 6) is -1.78. The predicted molar refractivity (Wildman–Crippen MR) is 70.0 cm³/mol. The van der Waals surface area contributed by atoms with E-state index in [0.717, 1.165) is 6.07 Å². The van der Waals surface area contributed by atoms with E-state index in [1.807, 2.05) is 0 Å². The van der Waals surface area contributed by atoms with Crippen LogP contribution in [0, 0.1) is 10.1 Å². The van der Waals surface area contributed by atoms with E-state index in [0.29, 0.717) is 12.1 Å². The molecular formula is C13H8F6N2O4. The predicted octanol–water partition coefficient (Wildman–Crippen LogP) is 3.12. The molecule has 1 heterocycles. The second kappa shape index (κ2) is 5.93. The van der Waals surface area contributed by atoms with Gasteiger partial charge in [0, 0.05) is 11.0 Å². The van der Waals surface area contributed by atoms with Gasteiger partial charge in [-0.15, -0.1) is 0 Å². The number of fused-ring (bicyclic) bond motifs is 1. The molecule has 0 amide bonds. The number of para-hydroxylation sites is 1. The summed E-state index contributed by atoms with van der Waals surface area (Å²) >= 11 is 0. The molecule has 6 nitrogen and oxygen atoms in total. The first kappa shape index (κ1) is 18.5. The summed E-state index contributed by atoms with van der Waals surface area (Å²) in [5, 5.41) is 12.1. The number of benzene rings is 1. The first-order chi connectivity index (χ1) is 11.4. The van der Waals surface area contributed by atoms with Gasteiger partial charge >= 0.3 is 24.0 Å². The Kier molecular flexibility index (Phi) is 4.40. The van der Waals surface area contributed by atoms with Crippen molar-refractivity contribution in [2.24, 2.45) is 0 Å².